The van der Waals surface area contributed by atoms with Gasteiger partial charge in [-0.2, -0.15) is 8.42 Å². The third kappa shape index (κ3) is 5.61. The average Bonchev–Trinajstić information content (AvgIpc) is 2.28. The molecule has 0 spiro atoms. The Labute approximate surface area is 108 Å². The molecular formula is C11H16O5S2. The lowest BCUT2D eigenvalue weighted by atomic mass is 10.3. The molecule has 0 bridgehead atoms. The first-order valence-corrected chi connectivity index (χ1v) is 8.80. The molecule has 0 atom stereocenters. The molecule has 1 N–H and O–H groups in total. The molecule has 0 amide bonds. The minimum absolute atomic E-state index is 0.0114. The molecule has 1 rings (SSSR count). The fourth-order valence-corrected chi connectivity index (χ4v) is 3.46. The van der Waals surface area contributed by atoms with Crippen LogP contribution in [0.15, 0.2) is 35.2 Å². The maximum absolute atomic E-state index is 11.8. The monoisotopic (exact) mass is 292 g/mol. The molecule has 0 heterocycles. The van der Waals surface area contributed by atoms with Crippen molar-refractivity contribution in [2.75, 3.05) is 11.5 Å². The molecule has 18 heavy (non-hydrogen) atoms. The van der Waals surface area contributed by atoms with Crippen LogP contribution in [0, 0.1) is 0 Å². The number of benzene rings is 1. The molecule has 0 aliphatic heterocycles. The van der Waals surface area contributed by atoms with Gasteiger partial charge in [-0.15, -0.1) is 0 Å². The zero-order chi connectivity index (χ0) is 13.6. The minimum atomic E-state index is -3.94. The molecule has 1 aromatic carbocycles. The lowest BCUT2D eigenvalue weighted by Crippen LogP contribution is -2.08. The molecule has 102 valence electrons. The Morgan fingerprint density at radius 2 is 1.39 bits per heavy atom. The molecule has 0 unspecified atom stereocenters. The summed E-state index contributed by atoms with van der Waals surface area (Å²) in [6.45, 7) is 0. The highest BCUT2D eigenvalue weighted by Gasteiger charge is 2.13. The van der Waals surface area contributed by atoms with Gasteiger partial charge in [-0.1, -0.05) is 24.6 Å². The van der Waals surface area contributed by atoms with E-state index in [0.717, 1.165) is 0 Å². The van der Waals surface area contributed by atoms with Crippen LogP contribution in [-0.2, 0) is 20.0 Å². The third-order valence-electron chi connectivity index (χ3n) is 2.42. The normalized spacial score (nSPS) is 12.5. The molecule has 0 aliphatic rings. The van der Waals surface area contributed by atoms with E-state index in [2.05, 4.69) is 0 Å². The summed E-state index contributed by atoms with van der Waals surface area (Å²) in [5, 5.41) is 0. The van der Waals surface area contributed by atoms with Gasteiger partial charge in [-0.05, 0) is 25.0 Å². The van der Waals surface area contributed by atoms with E-state index in [4.69, 9.17) is 4.55 Å². The Kier molecular flexibility index (Phi) is 5.30. The lowest BCUT2D eigenvalue weighted by molar-refractivity contribution is 0.480. The van der Waals surface area contributed by atoms with Gasteiger partial charge >= 0.3 is 0 Å². The van der Waals surface area contributed by atoms with Crippen molar-refractivity contribution in [1.82, 2.24) is 0 Å². The number of sulfone groups is 1. The molecule has 0 fully saturated rings. The summed E-state index contributed by atoms with van der Waals surface area (Å²) in [5.41, 5.74) is 0. The topological polar surface area (TPSA) is 88.5 Å². The van der Waals surface area contributed by atoms with Crippen LogP contribution in [0.3, 0.4) is 0 Å². The van der Waals surface area contributed by atoms with Crippen molar-refractivity contribution in [2.24, 2.45) is 0 Å². The predicted molar refractivity (Wildman–Crippen MR) is 68.8 cm³/mol. The summed E-state index contributed by atoms with van der Waals surface area (Å²) in [4.78, 5) is 0.278. The van der Waals surface area contributed by atoms with E-state index < -0.39 is 20.0 Å². The SMILES string of the molecule is O=S(=O)(O)CCCCCS(=O)(=O)c1ccccc1. The first kappa shape index (κ1) is 15.1. The maximum Gasteiger partial charge on any atom is 0.264 e. The molecule has 1 aromatic rings. The average molecular weight is 292 g/mol. The predicted octanol–water partition coefficient (Wildman–Crippen LogP) is 1.52. The zero-order valence-electron chi connectivity index (χ0n) is 9.82. The van der Waals surface area contributed by atoms with Gasteiger partial charge in [0.15, 0.2) is 9.84 Å². The van der Waals surface area contributed by atoms with Gasteiger partial charge in [0, 0.05) is 0 Å². The highest BCUT2D eigenvalue weighted by atomic mass is 32.2. The van der Waals surface area contributed by atoms with Crippen molar-refractivity contribution >= 4 is 20.0 Å². The Bertz CT molecular complexity index is 561. The summed E-state index contributed by atoms with van der Waals surface area (Å²) in [6, 6.07) is 8.13. The number of rotatable bonds is 7. The van der Waals surface area contributed by atoms with E-state index in [-0.39, 0.29) is 22.8 Å². The largest absolute Gasteiger partial charge is 0.286 e. The van der Waals surface area contributed by atoms with E-state index in [1.165, 1.54) is 12.1 Å². The summed E-state index contributed by atoms with van der Waals surface area (Å²) >= 11 is 0. The smallest absolute Gasteiger partial charge is 0.264 e. The number of hydrogen-bond acceptors (Lipinski definition) is 4. The summed E-state index contributed by atoms with van der Waals surface area (Å²) in [7, 11) is -7.23. The van der Waals surface area contributed by atoms with Crippen molar-refractivity contribution in [1.29, 1.82) is 0 Å². The molecule has 5 nitrogen and oxygen atoms in total. The van der Waals surface area contributed by atoms with Crippen LogP contribution in [0.2, 0.25) is 0 Å². The van der Waals surface area contributed by atoms with Crippen molar-refractivity contribution < 1.29 is 21.4 Å². The fraction of sp³-hybridized carbons (Fsp3) is 0.455. The summed E-state index contributed by atoms with van der Waals surface area (Å²) in [6.07, 6.45) is 1.10. The second-order valence-corrected chi connectivity index (χ2v) is 7.66. The van der Waals surface area contributed by atoms with Gasteiger partial charge in [0.1, 0.15) is 0 Å². The molecule has 0 radical (unpaired) electrons. The third-order valence-corrected chi connectivity index (χ3v) is 5.04. The van der Waals surface area contributed by atoms with Crippen LogP contribution in [0.4, 0.5) is 0 Å². The van der Waals surface area contributed by atoms with Gasteiger partial charge in [-0.3, -0.25) is 4.55 Å². The molecular weight excluding hydrogens is 276 g/mol. The first-order valence-electron chi connectivity index (χ1n) is 5.54. The van der Waals surface area contributed by atoms with Gasteiger partial charge in [0.2, 0.25) is 0 Å². The summed E-state index contributed by atoms with van der Waals surface area (Å²) in [5.74, 6) is -0.332. The molecule has 0 aliphatic carbocycles. The van der Waals surface area contributed by atoms with Crippen molar-refractivity contribution in [2.45, 2.75) is 24.2 Å². The quantitative estimate of drug-likeness (QED) is 0.608. The Morgan fingerprint density at radius 3 is 1.94 bits per heavy atom. The van der Waals surface area contributed by atoms with Gasteiger partial charge < -0.3 is 0 Å². The Hall–Kier alpha value is -0.920. The van der Waals surface area contributed by atoms with Crippen molar-refractivity contribution in [3.8, 4) is 0 Å². The molecule has 0 saturated carbocycles. The second-order valence-electron chi connectivity index (χ2n) is 3.98. The summed E-state index contributed by atoms with van der Waals surface area (Å²) < 4.78 is 53.1. The van der Waals surface area contributed by atoms with Crippen LogP contribution < -0.4 is 0 Å². The second kappa shape index (κ2) is 6.31. The fourth-order valence-electron chi connectivity index (χ4n) is 1.50. The van der Waals surface area contributed by atoms with Gasteiger partial charge in [-0.25, -0.2) is 8.42 Å². The molecule has 7 heteroatoms. The van der Waals surface area contributed by atoms with Crippen LogP contribution in [-0.4, -0.2) is 32.9 Å². The number of unbranched alkanes of at least 4 members (excludes halogenated alkanes) is 2. The van der Waals surface area contributed by atoms with E-state index in [1.54, 1.807) is 18.2 Å². The Balaban J connectivity index is 2.40. The van der Waals surface area contributed by atoms with Crippen LogP contribution in [0.25, 0.3) is 0 Å². The zero-order valence-corrected chi connectivity index (χ0v) is 11.5. The first-order chi connectivity index (χ1) is 8.31. The van der Waals surface area contributed by atoms with E-state index in [9.17, 15) is 16.8 Å². The van der Waals surface area contributed by atoms with E-state index in [0.29, 0.717) is 12.8 Å². The van der Waals surface area contributed by atoms with E-state index in [1.807, 2.05) is 0 Å². The van der Waals surface area contributed by atoms with Crippen molar-refractivity contribution in [3.05, 3.63) is 30.3 Å². The lowest BCUT2D eigenvalue weighted by Gasteiger charge is -2.03. The van der Waals surface area contributed by atoms with Gasteiger partial charge in [0.25, 0.3) is 10.1 Å². The molecule has 0 aromatic heterocycles. The van der Waals surface area contributed by atoms with Crippen LogP contribution >= 0.6 is 0 Å². The number of hydrogen-bond donors (Lipinski definition) is 1. The minimum Gasteiger partial charge on any atom is -0.286 e. The van der Waals surface area contributed by atoms with E-state index >= 15 is 0 Å². The van der Waals surface area contributed by atoms with Crippen LogP contribution in [0.1, 0.15) is 19.3 Å². The van der Waals surface area contributed by atoms with Gasteiger partial charge in [0.05, 0.1) is 16.4 Å². The Morgan fingerprint density at radius 1 is 0.833 bits per heavy atom. The highest BCUT2D eigenvalue weighted by molar-refractivity contribution is 7.91. The maximum atomic E-state index is 11.8. The van der Waals surface area contributed by atoms with Crippen LogP contribution in [0.5, 0.6) is 0 Å². The van der Waals surface area contributed by atoms with Crippen molar-refractivity contribution in [3.63, 3.8) is 0 Å². The molecule has 0 saturated heterocycles. The standard InChI is InChI=1S/C11H16O5S2/c12-17(13,11-7-3-1-4-8-11)9-5-2-6-10-18(14,15)16/h1,3-4,7-8H,2,5-6,9-10H2,(H,14,15,16). The highest BCUT2D eigenvalue weighted by Crippen LogP contribution is 2.12.